The van der Waals surface area contributed by atoms with Gasteiger partial charge in [0, 0.05) is 24.5 Å². The van der Waals surface area contributed by atoms with Crippen molar-refractivity contribution in [3.63, 3.8) is 0 Å². The van der Waals surface area contributed by atoms with Crippen LogP contribution in [0.1, 0.15) is 18.7 Å². The smallest absolute Gasteiger partial charge is 0.277 e. The van der Waals surface area contributed by atoms with Gasteiger partial charge in [-0.15, -0.1) is 17.9 Å². The van der Waals surface area contributed by atoms with Gasteiger partial charge in [-0.1, -0.05) is 31.5 Å². The highest BCUT2D eigenvalue weighted by Gasteiger charge is 2.44. The summed E-state index contributed by atoms with van der Waals surface area (Å²) in [6, 6.07) is 3.14. The Morgan fingerprint density at radius 1 is 1.25 bits per heavy atom. The number of rotatable bonds is 8. The predicted octanol–water partition coefficient (Wildman–Crippen LogP) is 2.79. The molecule has 130 valence electrons. The van der Waals surface area contributed by atoms with Gasteiger partial charge in [0.15, 0.2) is 0 Å². The maximum atomic E-state index is 12.4. The first-order valence-corrected chi connectivity index (χ1v) is 8.77. The van der Waals surface area contributed by atoms with Crippen molar-refractivity contribution in [1.82, 2.24) is 14.7 Å². The zero-order chi connectivity index (χ0) is 17.9. The number of imide groups is 2. The summed E-state index contributed by atoms with van der Waals surface area (Å²) >= 11 is 7.37. The van der Waals surface area contributed by atoms with Crippen LogP contribution in [-0.4, -0.2) is 52.3 Å². The molecule has 0 spiro atoms. The average Bonchev–Trinajstić information content (AvgIpc) is 2.99. The van der Waals surface area contributed by atoms with E-state index in [1.807, 2.05) is 24.8 Å². The summed E-state index contributed by atoms with van der Waals surface area (Å²) in [6.45, 7) is 8.74. The molecule has 4 amide bonds. The van der Waals surface area contributed by atoms with Crippen LogP contribution in [0.25, 0.3) is 0 Å². The lowest BCUT2D eigenvalue weighted by molar-refractivity contribution is -0.144. The lowest BCUT2D eigenvalue weighted by Crippen LogP contribution is -2.42. The number of thiophene rings is 1. The molecule has 0 atom stereocenters. The fourth-order valence-electron chi connectivity index (χ4n) is 2.41. The molecule has 0 aliphatic carbocycles. The Labute approximate surface area is 150 Å². The van der Waals surface area contributed by atoms with Crippen molar-refractivity contribution < 1.29 is 14.4 Å². The SMILES string of the molecule is C=CCN(Cc1ccc(Cl)s1)CN1C(=O)C(=O)N(CC(C)C)C1=O. The number of hydrogen-bond donors (Lipinski definition) is 0. The molecule has 1 aliphatic rings. The van der Waals surface area contributed by atoms with Crippen LogP contribution in [0.3, 0.4) is 0 Å². The third-order valence-corrected chi connectivity index (χ3v) is 4.64. The summed E-state index contributed by atoms with van der Waals surface area (Å²) in [5, 5.41) is 0. The fourth-order valence-corrected chi connectivity index (χ4v) is 3.54. The quantitative estimate of drug-likeness (QED) is 0.401. The molecule has 2 heterocycles. The first kappa shape index (κ1) is 18.6. The standard InChI is InChI=1S/C16H20ClN3O3S/c1-4-7-18(9-12-5-6-13(17)24-12)10-20-15(22)14(21)19(16(20)23)8-11(2)3/h4-6,11H,1,7-10H2,2-3H3. The molecule has 1 aromatic rings. The summed E-state index contributed by atoms with van der Waals surface area (Å²) in [7, 11) is 0. The lowest BCUT2D eigenvalue weighted by atomic mass is 10.2. The Hall–Kier alpha value is -1.70. The van der Waals surface area contributed by atoms with Crippen molar-refractivity contribution >= 4 is 40.8 Å². The van der Waals surface area contributed by atoms with Crippen LogP contribution in [0, 0.1) is 5.92 Å². The Bertz CT molecular complexity index is 659. The number of amides is 4. The summed E-state index contributed by atoms with van der Waals surface area (Å²) in [4.78, 5) is 41.4. The molecule has 1 saturated heterocycles. The number of halogens is 1. The van der Waals surface area contributed by atoms with Gasteiger partial charge in [0.25, 0.3) is 0 Å². The van der Waals surface area contributed by atoms with Crippen molar-refractivity contribution in [2.75, 3.05) is 19.8 Å². The maximum absolute atomic E-state index is 12.4. The zero-order valence-electron chi connectivity index (χ0n) is 13.7. The summed E-state index contributed by atoms with van der Waals surface area (Å²) in [5.41, 5.74) is 0. The molecule has 6 nitrogen and oxygen atoms in total. The van der Waals surface area contributed by atoms with Gasteiger partial charge in [-0.2, -0.15) is 0 Å². The number of carbonyl (C=O) groups excluding carboxylic acids is 3. The van der Waals surface area contributed by atoms with E-state index in [-0.39, 0.29) is 19.1 Å². The Morgan fingerprint density at radius 3 is 2.46 bits per heavy atom. The van der Waals surface area contributed by atoms with Crippen LogP contribution in [0.2, 0.25) is 4.34 Å². The zero-order valence-corrected chi connectivity index (χ0v) is 15.3. The number of carbonyl (C=O) groups is 3. The van der Waals surface area contributed by atoms with Gasteiger partial charge in [-0.05, 0) is 18.1 Å². The molecule has 0 bridgehead atoms. The molecular weight excluding hydrogens is 350 g/mol. The van der Waals surface area contributed by atoms with E-state index < -0.39 is 17.8 Å². The second kappa shape index (κ2) is 7.92. The molecule has 1 aromatic heterocycles. The Morgan fingerprint density at radius 2 is 1.92 bits per heavy atom. The van der Waals surface area contributed by atoms with E-state index in [2.05, 4.69) is 6.58 Å². The second-order valence-electron chi connectivity index (χ2n) is 5.97. The second-order valence-corrected chi connectivity index (χ2v) is 7.77. The fraction of sp³-hybridized carbons (Fsp3) is 0.438. The van der Waals surface area contributed by atoms with Crippen molar-refractivity contribution in [3.05, 3.63) is 34.0 Å². The minimum absolute atomic E-state index is 0.0412. The van der Waals surface area contributed by atoms with E-state index in [0.29, 0.717) is 17.4 Å². The van der Waals surface area contributed by atoms with E-state index >= 15 is 0 Å². The van der Waals surface area contributed by atoms with Crippen molar-refractivity contribution in [2.24, 2.45) is 5.92 Å². The third kappa shape index (κ3) is 4.23. The minimum Gasteiger partial charge on any atom is -0.277 e. The van der Waals surface area contributed by atoms with Crippen LogP contribution in [-0.2, 0) is 16.1 Å². The lowest BCUT2D eigenvalue weighted by Gasteiger charge is -2.25. The Balaban J connectivity index is 2.10. The van der Waals surface area contributed by atoms with E-state index in [1.165, 1.54) is 11.3 Å². The monoisotopic (exact) mass is 369 g/mol. The van der Waals surface area contributed by atoms with Gasteiger partial charge < -0.3 is 0 Å². The van der Waals surface area contributed by atoms with Gasteiger partial charge in [-0.3, -0.25) is 19.4 Å². The molecule has 0 saturated carbocycles. The summed E-state index contributed by atoms with van der Waals surface area (Å²) < 4.78 is 0.676. The van der Waals surface area contributed by atoms with Gasteiger partial charge in [0.1, 0.15) is 0 Å². The molecule has 0 aromatic carbocycles. The number of nitrogens with zero attached hydrogens (tertiary/aromatic N) is 3. The topological polar surface area (TPSA) is 60.9 Å². The first-order chi connectivity index (χ1) is 11.3. The van der Waals surface area contributed by atoms with Crippen LogP contribution in [0.15, 0.2) is 24.8 Å². The summed E-state index contributed by atoms with van der Waals surface area (Å²) in [5.74, 6) is -1.44. The molecule has 1 aliphatic heterocycles. The molecule has 24 heavy (non-hydrogen) atoms. The molecule has 0 unspecified atom stereocenters. The van der Waals surface area contributed by atoms with E-state index in [9.17, 15) is 14.4 Å². The van der Waals surface area contributed by atoms with E-state index in [1.54, 1.807) is 12.1 Å². The van der Waals surface area contributed by atoms with Crippen LogP contribution in [0.5, 0.6) is 0 Å². The van der Waals surface area contributed by atoms with Crippen LogP contribution >= 0.6 is 22.9 Å². The first-order valence-electron chi connectivity index (χ1n) is 7.58. The molecular formula is C16H20ClN3O3S. The van der Waals surface area contributed by atoms with Crippen molar-refractivity contribution in [1.29, 1.82) is 0 Å². The van der Waals surface area contributed by atoms with Crippen molar-refractivity contribution in [2.45, 2.75) is 20.4 Å². The normalized spacial score (nSPS) is 15.3. The molecule has 2 rings (SSSR count). The van der Waals surface area contributed by atoms with E-state index in [0.717, 1.165) is 14.7 Å². The highest BCUT2D eigenvalue weighted by molar-refractivity contribution is 7.16. The number of hydrogen-bond acceptors (Lipinski definition) is 5. The van der Waals surface area contributed by atoms with Gasteiger partial charge >= 0.3 is 17.8 Å². The van der Waals surface area contributed by atoms with Crippen LogP contribution < -0.4 is 0 Å². The van der Waals surface area contributed by atoms with Crippen molar-refractivity contribution in [3.8, 4) is 0 Å². The van der Waals surface area contributed by atoms with Gasteiger partial charge in [0.2, 0.25) is 0 Å². The highest BCUT2D eigenvalue weighted by atomic mass is 35.5. The predicted molar refractivity (Wildman–Crippen MR) is 93.6 cm³/mol. The van der Waals surface area contributed by atoms with Crippen LogP contribution in [0.4, 0.5) is 4.79 Å². The molecule has 0 radical (unpaired) electrons. The average molecular weight is 370 g/mol. The maximum Gasteiger partial charge on any atom is 0.335 e. The Kier molecular flexibility index (Phi) is 6.15. The molecule has 1 fully saturated rings. The molecule has 8 heteroatoms. The highest BCUT2D eigenvalue weighted by Crippen LogP contribution is 2.23. The minimum atomic E-state index is -0.779. The third-order valence-electron chi connectivity index (χ3n) is 3.42. The molecule has 0 N–H and O–H groups in total. The largest absolute Gasteiger partial charge is 0.335 e. The summed E-state index contributed by atoms with van der Waals surface area (Å²) in [6.07, 6.45) is 1.69. The van der Waals surface area contributed by atoms with E-state index in [4.69, 9.17) is 11.6 Å². The van der Waals surface area contributed by atoms with Gasteiger partial charge in [0.05, 0.1) is 11.0 Å². The van der Waals surface area contributed by atoms with Gasteiger partial charge in [-0.25, -0.2) is 9.69 Å². The number of urea groups is 1.